The average molecular weight is 414 g/mol. The van der Waals surface area contributed by atoms with Crippen LogP contribution in [0.5, 0.6) is 0 Å². The third-order valence-corrected chi connectivity index (χ3v) is 7.67. The highest BCUT2D eigenvalue weighted by Gasteiger charge is 2.53. The van der Waals surface area contributed by atoms with Crippen LogP contribution in [0.2, 0.25) is 0 Å². The van der Waals surface area contributed by atoms with E-state index in [1.165, 1.54) is 0 Å². The Morgan fingerprint density at radius 3 is 2.54 bits per heavy atom. The molecular formula is C20H19N3O3S2. The number of fused-ring (bicyclic) bond motifs is 1. The molecule has 0 radical (unpaired) electrons. The zero-order valence-electron chi connectivity index (χ0n) is 15.3. The number of benzene rings is 2. The second-order valence-electron chi connectivity index (χ2n) is 7.00. The van der Waals surface area contributed by atoms with Gasteiger partial charge in [0.1, 0.15) is 0 Å². The minimum Gasteiger partial charge on any atom is -0.314 e. The van der Waals surface area contributed by atoms with Crippen molar-refractivity contribution in [3.05, 3.63) is 59.7 Å². The van der Waals surface area contributed by atoms with Gasteiger partial charge >= 0.3 is 6.03 Å². The highest BCUT2D eigenvalue weighted by Crippen LogP contribution is 2.36. The Morgan fingerprint density at radius 2 is 1.86 bits per heavy atom. The molecule has 28 heavy (non-hydrogen) atoms. The van der Waals surface area contributed by atoms with E-state index in [4.69, 9.17) is 5.26 Å². The summed E-state index contributed by atoms with van der Waals surface area (Å²) in [5.74, 6) is -0.0326. The molecule has 2 aliphatic heterocycles. The summed E-state index contributed by atoms with van der Waals surface area (Å²) in [5, 5.41) is 8.95. The smallest absolute Gasteiger partial charge is 0.314 e. The first-order valence-electron chi connectivity index (χ1n) is 8.85. The van der Waals surface area contributed by atoms with Crippen molar-refractivity contribution in [1.29, 1.82) is 5.26 Å². The number of anilines is 1. The van der Waals surface area contributed by atoms with Crippen molar-refractivity contribution in [3.63, 3.8) is 0 Å². The Kier molecular flexibility index (Phi) is 4.81. The second-order valence-corrected chi connectivity index (χ2v) is 10.0. The predicted octanol–water partition coefficient (Wildman–Crippen LogP) is 2.89. The fourth-order valence-electron chi connectivity index (χ4n) is 3.91. The summed E-state index contributed by atoms with van der Waals surface area (Å²) in [7, 11) is -3.21. The fraction of sp³-hybridized carbons (Fsp3) is 0.300. The quantitative estimate of drug-likeness (QED) is 0.569. The van der Waals surface area contributed by atoms with Gasteiger partial charge in [0.15, 0.2) is 9.84 Å². The normalized spacial score (nSPS) is 22.9. The lowest BCUT2D eigenvalue weighted by Gasteiger charge is -2.23. The summed E-state index contributed by atoms with van der Waals surface area (Å²) in [6.45, 7) is 0.319. The number of carbonyl (C=O) groups excluding carboxylic acids is 1. The monoisotopic (exact) mass is 413 g/mol. The van der Waals surface area contributed by atoms with E-state index in [-0.39, 0.29) is 29.6 Å². The van der Waals surface area contributed by atoms with Crippen LogP contribution in [-0.4, -0.2) is 49.2 Å². The molecule has 144 valence electrons. The van der Waals surface area contributed by atoms with Crippen LogP contribution >= 0.6 is 11.8 Å². The molecule has 0 aliphatic carbocycles. The molecule has 0 N–H and O–H groups in total. The molecule has 8 heteroatoms. The van der Waals surface area contributed by atoms with E-state index < -0.39 is 9.84 Å². The summed E-state index contributed by atoms with van der Waals surface area (Å²) in [6, 6.07) is 15.8. The maximum absolute atomic E-state index is 13.3. The molecule has 0 spiro atoms. The molecule has 0 unspecified atom stereocenters. The standard InChI is InChI=1S/C20H19N3O3S2/c1-27-17-4-2-3-16(9-17)23-19-13-28(25,26)12-18(19)22(20(23)24)11-15-7-5-14(10-21)6-8-15/h2-9,18-19H,11-13H2,1H3/t18-,19-/m1/s1. The Hall–Kier alpha value is -2.50. The number of thioether (sulfide) groups is 1. The predicted molar refractivity (Wildman–Crippen MR) is 109 cm³/mol. The van der Waals surface area contributed by atoms with Gasteiger partial charge in [-0.25, -0.2) is 13.2 Å². The molecular weight excluding hydrogens is 394 g/mol. The minimum atomic E-state index is -3.21. The molecule has 6 nitrogen and oxygen atoms in total. The van der Waals surface area contributed by atoms with Crippen molar-refractivity contribution < 1.29 is 13.2 Å². The van der Waals surface area contributed by atoms with Gasteiger partial charge in [0.2, 0.25) is 0 Å². The van der Waals surface area contributed by atoms with Crippen LogP contribution in [0.15, 0.2) is 53.4 Å². The Bertz CT molecular complexity index is 1060. The molecule has 2 aromatic carbocycles. The maximum Gasteiger partial charge on any atom is 0.325 e. The second kappa shape index (κ2) is 7.15. The van der Waals surface area contributed by atoms with E-state index in [0.29, 0.717) is 12.1 Å². The lowest BCUT2D eigenvalue weighted by molar-refractivity contribution is 0.206. The molecule has 2 heterocycles. The number of urea groups is 1. The first kappa shape index (κ1) is 18.8. The summed E-state index contributed by atoms with van der Waals surface area (Å²) in [6.07, 6.45) is 1.96. The number of hydrogen-bond donors (Lipinski definition) is 0. The van der Waals surface area contributed by atoms with Crippen LogP contribution in [-0.2, 0) is 16.4 Å². The molecule has 0 aromatic heterocycles. The molecule has 2 aliphatic rings. The molecule has 4 rings (SSSR count). The third kappa shape index (κ3) is 3.36. The minimum absolute atomic E-state index is 0.0155. The zero-order chi connectivity index (χ0) is 19.9. The molecule has 0 bridgehead atoms. The van der Waals surface area contributed by atoms with Crippen molar-refractivity contribution in [2.75, 3.05) is 22.7 Å². The molecule has 2 saturated heterocycles. The summed E-state index contributed by atoms with van der Waals surface area (Å²) >= 11 is 1.58. The van der Waals surface area contributed by atoms with Crippen LogP contribution in [0.1, 0.15) is 11.1 Å². The third-order valence-electron chi connectivity index (χ3n) is 5.24. The van der Waals surface area contributed by atoms with Crippen LogP contribution in [0.4, 0.5) is 10.5 Å². The van der Waals surface area contributed by atoms with E-state index in [1.54, 1.807) is 45.8 Å². The van der Waals surface area contributed by atoms with Gasteiger partial charge in [-0.3, -0.25) is 4.90 Å². The number of nitriles is 1. The molecule has 2 aromatic rings. The molecule has 2 amide bonds. The van der Waals surface area contributed by atoms with E-state index >= 15 is 0 Å². The lowest BCUT2D eigenvalue weighted by atomic mass is 10.1. The molecule has 0 saturated carbocycles. The van der Waals surface area contributed by atoms with Crippen LogP contribution in [0, 0.1) is 11.3 Å². The van der Waals surface area contributed by atoms with Crippen molar-refractivity contribution in [3.8, 4) is 6.07 Å². The summed E-state index contributed by atoms with van der Waals surface area (Å²) < 4.78 is 24.7. The van der Waals surface area contributed by atoms with Gasteiger partial charge in [0.05, 0.1) is 35.2 Å². The van der Waals surface area contributed by atoms with Gasteiger partial charge in [-0.2, -0.15) is 5.26 Å². The van der Waals surface area contributed by atoms with Crippen LogP contribution in [0.3, 0.4) is 0 Å². The number of rotatable bonds is 4. The molecule has 2 atom stereocenters. The van der Waals surface area contributed by atoms with Gasteiger partial charge < -0.3 is 4.90 Å². The van der Waals surface area contributed by atoms with E-state index in [2.05, 4.69) is 6.07 Å². The van der Waals surface area contributed by atoms with Gasteiger partial charge in [-0.05, 0) is 42.2 Å². The number of sulfone groups is 1. The van der Waals surface area contributed by atoms with Crippen molar-refractivity contribution >= 4 is 33.3 Å². The SMILES string of the molecule is CSc1cccc(N2C(=O)N(Cc3ccc(C#N)cc3)[C@@H]3CS(=O)(=O)C[C@H]32)c1. The molecule has 2 fully saturated rings. The van der Waals surface area contributed by atoms with Crippen LogP contribution in [0.25, 0.3) is 0 Å². The first-order valence-corrected chi connectivity index (χ1v) is 11.9. The number of hydrogen-bond acceptors (Lipinski definition) is 5. The summed E-state index contributed by atoms with van der Waals surface area (Å²) in [5.41, 5.74) is 2.15. The Balaban J connectivity index is 1.68. The largest absolute Gasteiger partial charge is 0.325 e. The average Bonchev–Trinajstić information content (AvgIpc) is 3.12. The zero-order valence-corrected chi connectivity index (χ0v) is 16.9. The first-order chi connectivity index (χ1) is 13.4. The summed E-state index contributed by atoms with van der Waals surface area (Å²) in [4.78, 5) is 17.6. The lowest BCUT2D eigenvalue weighted by Crippen LogP contribution is -2.37. The van der Waals surface area contributed by atoms with E-state index in [0.717, 1.165) is 16.1 Å². The van der Waals surface area contributed by atoms with Crippen molar-refractivity contribution in [1.82, 2.24) is 4.90 Å². The van der Waals surface area contributed by atoms with Crippen molar-refractivity contribution in [2.45, 2.75) is 23.5 Å². The fourth-order valence-corrected chi connectivity index (χ4v) is 6.31. The number of nitrogens with zero attached hydrogens (tertiary/aromatic N) is 3. The van der Waals surface area contributed by atoms with Gasteiger partial charge in [0.25, 0.3) is 0 Å². The van der Waals surface area contributed by atoms with Crippen molar-refractivity contribution in [2.24, 2.45) is 0 Å². The Morgan fingerprint density at radius 1 is 1.14 bits per heavy atom. The van der Waals surface area contributed by atoms with E-state index in [1.807, 2.05) is 30.5 Å². The topological polar surface area (TPSA) is 81.5 Å². The maximum atomic E-state index is 13.3. The van der Waals surface area contributed by atoms with Gasteiger partial charge in [-0.1, -0.05) is 18.2 Å². The van der Waals surface area contributed by atoms with Gasteiger partial charge in [0, 0.05) is 17.1 Å². The van der Waals surface area contributed by atoms with E-state index in [9.17, 15) is 13.2 Å². The highest BCUT2D eigenvalue weighted by atomic mass is 32.2. The number of carbonyl (C=O) groups is 1. The van der Waals surface area contributed by atoms with Crippen LogP contribution < -0.4 is 4.90 Å². The Labute approximate surface area is 168 Å². The van der Waals surface area contributed by atoms with Gasteiger partial charge in [-0.15, -0.1) is 11.8 Å². The number of amides is 2. The highest BCUT2D eigenvalue weighted by molar-refractivity contribution is 7.98.